The fourth-order valence-corrected chi connectivity index (χ4v) is 3.91. The van der Waals surface area contributed by atoms with Gasteiger partial charge in [0.25, 0.3) is 0 Å². The average Bonchev–Trinajstić information content (AvgIpc) is 2.60. The Morgan fingerprint density at radius 2 is 2.13 bits per heavy atom. The summed E-state index contributed by atoms with van der Waals surface area (Å²) in [5.74, 6) is 0.306. The highest BCUT2D eigenvalue weighted by Crippen LogP contribution is 2.30. The first-order chi connectivity index (χ1) is 11.2. The van der Waals surface area contributed by atoms with Crippen molar-refractivity contribution in [2.24, 2.45) is 0 Å². The van der Waals surface area contributed by atoms with Crippen LogP contribution in [0, 0.1) is 0 Å². The monoisotopic (exact) mass is 315 g/mol. The largest absolute Gasteiger partial charge is 0.368 e. The highest BCUT2D eigenvalue weighted by Gasteiger charge is 2.26. The predicted molar refractivity (Wildman–Crippen MR) is 94.8 cm³/mol. The van der Waals surface area contributed by atoms with Crippen LogP contribution in [-0.2, 0) is 11.2 Å². The minimum atomic E-state index is 0.306. The van der Waals surface area contributed by atoms with E-state index in [-0.39, 0.29) is 0 Å². The molecule has 0 saturated carbocycles. The Labute approximate surface area is 139 Å². The van der Waals surface area contributed by atoms with Gasteiger partial charge in [-0.15, -0.1) is 0 Å². The van der Waals surface area contributed by atoms with E-state index in [1.165, 1.54) is 24.1 Å². The minimum Gasteiger partial charge on any atom is -0.368 e. The second-order valence-electron chi connectivity index (χ2n) is 6.93. The van der Waals surface area contributed by atoms with Gasteiger partial charge in [0.05, 0.1) is 0 Å². The molecule has 2 atom stereocenters. The van der Waals surface area contributed by atoms with Gasteiger partial charge in [0, 0.05) is 43.8 Å². The van der Waals surface area contributed by atoms with Crippen LogP contribution in [0.25, 0.3) is 0 Å². The number of fused-ring (bicyclic) bond motifs is 1. The van der Waals surface area contributed by atoms with Gasteiger partial charge < -0.3 is 15.1 Å². The smallest absolute Gasteiger partial charge is 0.224 e. The number of aryl methyl sites for hydroxylation is 1. The summed E-state index contributed by atoms with van der Waals surface area (Å²) in [6, 6.07) is 9.62. The number of para-hydroxylation sites is 1. The van der Waals surface area contributed by atoms with Gasteiger partial charge in [0.15, 0.2) is 0 Å². The molecule has 0 radical (unpaired) electrons. The van der Waals surface area contributed by atoms with Gasteiger partial charge in [0.1, 0.15) is 0 Å². The fraction of sp³-hybridized carbons (Fsp3) is 0.632. The maximum Gasteiger partial charge on any atom is 0.224 e. The molecule has 2 heterocycles. The van der Waals surface area contributed by atoms with Gasteiger partial charge in [-0.05, 0) is 51.3 Å². The minimum absolute atomic E-state index is 0.306. The van der Waals surface area contributed by atoms with Crippen molar-refractivity contribution >= 4 is 11.6 Å². The summed E-state index contributed by atoms with van der Waals surface area (Å²) >= 11 is 0. The van der Waals surface area contributed by atoms with E-state index >= 15 is 0 Å². The van der Waals surface area contributed by atoms with E-state index in [2.05, 4.69) is 41.4 Å². The molecule has 4 heteroatoms. The van der Waals surface area contributed by atoms with E-state index in [1.807, 2.05) is 11.9 Å². The molecular formula is C19H29N3O. The molecular weight excluding hydrogens is 286 g/mol. The van der Waals surface area contributed by atoms with Crippen molar-refractivity contribution in [2.45, 2.75) is 51.1 Å². The molecule has 0 aromatic heterocycles. The molecule has 4 nitrogen and oxygen atoms in total. The zero-order valence-corrected chi connectivity index (χ0v) is 14.4. The van der Waals surface area contributed by atoms with Crippen LogP contribution in [0.15, 0.2) is 24.3 Å². The summed E-state index contributed by atoms with van der Waals surface area (Å²) in [6.07, 6.45) is 5.24. The number of piperidine rings is 1. The third-order valence-electron chi connectivity index (χ3n) is 5.41. The Kier molecular flexibility index (Phi) is 5.21. The maximum absolute atomic E-state index is 12.6. The van der Waals surface area contributed by atoms with E-state index in [4.69, 9.17) is 0 Å². The Balaban J connectivity index is 1.60. The summed E-state index contributed by atoms with van der Waals surface area (Å²) in [5.41, 5.74) is 2.75. The van der Waals surface area contributed by atoms with E-state index < -0.39 is 0 Å². The lowest BCUT2D eigenvalue weighted by Crippen LogP contribution is -2.48. The number of anilines is 1. The molecule has 2 unspecified atom stereocenters. The Morgan fingerprint density at radius 1 is 1.30 bits per heavy atom. The lowest BCUT2D eigenvalue weighted by atomic mass is 9.96. The van der Waals surface area contributed by atoms with Crippen LogP contribution in [0.2, 0.25) is 0 Å². The molecule has 2 aliphatic rings. The molecule has 2 aliphatic heterocycles. The number of carbonyl (C=O) groups is 1. The second kappa shape index (κ2) is 7.35. The summed E-state index contributed by atoms with van der Waals surface area (Å²) in [5, 5.41) is 3.31. The first kappa shape index (κ1) is 16.3. The molecule has 3 rings (SSSR count). The van der Waals surface area contributed by atoms with Crippen LogP contribution in [0.5, 0.6) is 0 Å². The topological polar surface area (TPSA) is 35.6 Å². The Morgan fingerprint density at radius 3 is 2.96 bits per heavy atom. The van der Waals surface area contributed by atoms with Crippen molar-refractivity contribution in [3.63, 3.8) is 0 Å². The number of benzene rings is 1. The standard InChI is InChI=1S/C19H29N3O/c1-15-9-10-16-6-3-4-8-18(16)22(15)13-11-19(23)21-12-5-7-17(14-21)20-2/h3-4,6,8,15,17,20H,5,7,9-14H2,1-2H3. The molecule has 0 aliphatic carbocycles. The van der Waals surface area contributed by atoms with Gasteiger partial charge >= 0.3 is 0 Å². The zero-order valence-electron chi connectivity index (χ0n) is 14.4. The zero-order chi connectivity index (χ0) is 16.2. The molecule has 1 fully saturated rings. The molecule has 23 heavy (non-hydrogen) atoms. The first-order valence-electron chi connectivity index (χ1n) is 8.98. The fourth-order valence-electron chi connectivity index (χ4n) is 3.91. The molecule has 1 N–H and O–H groups in total. The van der Waals surface area contributed by atoms with Crippen molar-refractivity contribution in [3.8, 4) is 0 Å². The van der Waals surface area contributed by atoms with Crippen molar-refractivity contribution < 1.29 is 4.79 Å². The lowest BCUT2D eigenvalue weighted by molar-refractivity contribution is -0.132. The van der Waals surface area contributed by atoms with E-state index in [0.29, 0.717) is 24.4 Å². The van der Waals surface area contributed by atoms with Crippen molar-refractivity contribution in [1.82, 2.24) is 10.2 Å². The van der Waals surface area contributed by atoms with E-state index in [0.717, 1.165) is 32.5 Å². The maximum atomic E-state index is 12.6. The second-order valence-corrected chi connectivity index (χ2v) is 6.93. The summed E-state index contributed by atoms with van der Waals surface area (Å²) in [4.78, 5) is 17.1. The van der Waals surface area contributed by atoms with Crippen molar-refractivity contribution in [1.29, 1.82) is 0 Å². The van der Waals surface area contributed by atoms with Crippen molar-refractivity contribution in [2.75, 3.05) is 31.6 Å². The number of likely N-dealkylation sites (tertiary alicyclic amines) is 1. The number of hydrogen-bond donors (Lipinski definition) is 1. The summed E-state index contributed by atoms with van der Waals surface area (Å²) < 4.78 is 0. The Hall–Kier alpha value is -1.55. The van der Waals surface area contributed by atoms with Crippen molar-refractivity contribution in [3.05, 3.63) is 29.8 Å². The summed E-state index contributed by atoms with van der Waals surface area (Å²) in [6.45, 7) is 4.89. The highest BCUT2D eigenvalue weighted by atomic mass is 16.2. The Bertz CT molecular complexity index is 545. The van der Waals surface area contributed by atoms with Gasteiger partial charge in [-0.2, -0.15) is 0 Å². The number of carbonyl (C=O) groups excluding carboxylic acids is 1. The molecule has 126 valence electrons. The van der Waals surface area contributed by atoms with Crippen LogP contribution in [-0.4, -0.2) is 49.6 Å². The third-order valence-corrected chi connectivity index (χ3v) is 5.41. The molecule has 0 spiro atoms. The molecule has 1 aromatic carbocycles. The number of nitrogens with one attached hydrogen (secondary N) is 1. The number of amides is 1. The molecule has 1 saturated heterocycles. The van der Waals surface area contributed by atoms with E-state index in [9.17, 15) is 4.79 Å². The van der Waals surface area contributed by atoms with E-state index in [1.54, 1.807) is 0 Å². The van der Waals surface area contributed by atoms with Crippen LogP contribution >= 0.6 is 0 Å². The van der Waals surface area contributed by atoms with Crippen LogP contribution in [0.3, 0.4) is 0 Å². The first-order valence-corrected chi connectivity index (χ1v) is 8.98. The highest BCUT2D eigenvalue weighted by molar-refractivity contribution is 5.77. The predicted octanol–water partition coefficient (Wildman–Crippen LogP) is 2.43. The number of nitrogens with zero attached hydrogens (tertiary/aromatic N) is 2. The number of hydrogen-bond acceptors (Lipinski definition) is 3. The lowest BCUT2D eigenvalue weighted by Gasteiger charge is -2.38. The average molecular weight is 315 g/mol. The number of rotatable bonds is 4. The molecule has 1 amide bonds. The summed E-state index contributed by atoms with van der Waals surface area (Å²) in [7, 11) is 1.99. The number of likely N-dealkylation sites (N-methyl/N-ethyl adjacent to an activating group) is 1. The van der Waals surface area contributed by atoms with Crippen LogP contribution < -0.4 is 10.2 Å². The van der Waals surface area contributed by atoms with Crippen LogP contribution in [0.1, 0.15) is 38.2 Å². The van der Waals surface area contributed by atoms with Gasteiger partial charge in [0.2, 0.25) is 5.91 Å². The quantitative estimate of drug-likeness (QED) is 0.927. The molecule has 0 bridgehead atoms. The van der Waals surface area contributed by atoms with Gasteiger partial charge in [-0.1, -0.05) is 18.2 Å². The third kappa shape index (κ3) is 3.69. The van der Waals surface area contributed by atoms with Gasteiger partial charge in [-0.25, -0.2) is 0 Å². The normalized spacial score (nSPS) is 24.4. The van der Waals surface area contributed by atoms with Gasteiger partial charge in [-0.3, -0.25) is 4.79 Å². The molecule has 1 aromatic rings. The van der Waals surface area contributed by atoms with Crippen LogP contribution in [0.4, 0.5) is 5.69 Å². The SMILES string of the molecule is CNC1CCCN(C(=O)CCN2c3ccccc3CCC2C)C1.